The molecule has 16 heteroatoms. The van der Waals surface area contributed by atoms with Gasteiger partial charge in [0.15, 0.2) is 23.1 Å². The van der Waals surface area contributed by atoms with Gasteiger partial charge in [0.05, 0.1) is 32.9 Å². The molecule has 236 valence electrons. The molecule has 3 aromatic rings. The molecule has 0 unspecified atom stereocenters. The highest BCUT2D eigenvalue weighted by Gasteiger charge is 2.46. The Labute approximate surface area is 259 Å². The average molecular weight is 644 g/mol. The minimum absolute atomic E-state index is 0.0646. The van der Waals surface area contributed by atoms with Crippen molar-refractivity contribution >= 4 is 29.8 Å². The summed E-state index contributed by atoms with van der Waals surface area (Å²) in [5, 5.41) is 5.59. The van der Waals surface area contributed by atoms with Gasteiger partial charge in [0, 0.05) is 29.0 Å². The van der Waals surface area contributed by atoms with Crippen LogP contribution in [0.25, 0.3) is 0 Å². The van der Waals surface area contributed by atoms with Gasteiger partial charge in [-0.2, -0.15) is 0 Å². The Hall–Kier alpha value is -4.67. The fourth-order valence-corrected chi connectivity index (χ4v) is 6.64. The Morgan fingerprint density at radius 1 is 1.16 bits per heavy atom. The summed E-state index contributed by atoms with van der Waals surface area (Å²) in [6.45, 7) is -0.612. The number of morpholine rings is 1. The van der Waals surface area contributed by atoms with E-state index in [4.69, 9.17) is 24.8 Å². The summed E-state index contributed by atoms with van der Waals surface area (Å²) in [5.41, 5.74) is 6.75. The van der Waals surface area contributed by atoms with Crippen LogP contribution in [-0.4, -0.2) is 74.0 Å². The summed E-state index contributed by atoms with van der Waals surface area (Å²) in [7, 11) is 1.12. The number of pyridine rings is 1. The molecule has 1 fully saturated rings. The molecule has 3 aliphatic heterocycles. The monoisotopic (exact) mass is 643 g/mol. The third-order valence-electron chi connectivity index (χ3n) is 7.51. The number of ether oxygens (including phenoxy) is 4. The van der Waals surface area contributed by atoms with Crippen molar-refractivity contribution in [2.24, 2.45) is 10.9 Å². The Kier molecular flexibility index (Phi) is 8.60. The number of thioether (sulfide) groups is 1. The molecule has 4 heterocycles. The van der Waals surface area contributed by atoms with Crippen LogP contribution in [0.1, 0.15) is 33.2 Å². The van der Waals surface area contributed by atoms with Gasteiger partial charge in [-0.05, 0) is 29.3 Å². The molecule has 1 saturated heterocycles. The number of carbonyl (C=O) groups is 3. The number of amides is 1. The third-order valence-corrected chi connectivity index (χ3v) is 8.62. The van der Waals surface area contributed by atoms with Crippen LogP contribution in [0, 0.1) is 11.6 Å². The first-order valence-corrected chi connectivity index (χ1v) is 14.7. The molecule has 0 radical (unpaired) electrons. The first kappa shape index (κ1) is 30.4. The lowest BCUT2D eigenvalue weighted by molar-refractivity contribution is -0.142. The number of halogens is 2. The van der Waals surface area contributed by atoms with Crippen molar-refractivity contribution in [1.29, 1.82) is 0 Å². The molecule has 2 N–H and O–H groups in total. The van der Waals surface area contributed by atoms with E-state index in [1.807, 2.05) is 29.3 Å². The highest BCUT2D eigenvalue weighted by molar-refractivity contribution is 7.98. The summed E-state index contributed by atoms with van der Waals surface area (Å²) < 4.78 is 52.5. The van der Waals surface area contributed by atoms with Crippen LogP contribution >= 0.6 is 11.8 Å². The highest BCUT2D eigenvalue weighted by atomic mass is 32.2. The van der Waals surface area contributed by atoms with Crippen LogP contribution in [0.15, 0.2) is 58.7 Å². The van der Waals surface area contributed by atoms with Gasteiger partial charge < -0.3 is 34.4 Å². The van der Waals surface area contributed by atoms with Crippen molar-refractivity contribution in [2.45, 2.75) is 22.9 Å². The van der Waals surface area contributed by atoms with Gasteiger partial charge in [-0.25, -0.2) is 18.4 Å². The zero-order chi connectivity index (χ0) is 31.7. The van der Waals surface area contributed by atoms with Gasteiger partial charge in [-0.15, -0.1) is 11.8 Å². The lowest BCUT2D eigenvalue weighted by atomic mass is 9.93. The van der Waals surface area contributed by atoms with E-state index in [1.54, 1.807) is 11.0 Å². The largest absolute Gasteiger partial charge is 0.510 e. The molecule has 0 aliphatic carbocycles. The number of fused-ring (bicyclic) bond motifs is 4. The lowest BCUT2D eigenvalue weighted by Gasteiger charge is -2.51. The molecule has 1 aromatic heterocycles. The second-order valence-electron chi connectivity index (χ2n) is 9.93. The molecule has 13 nitrogen and oxygen atoms in total. The zero-order valence-electron chi connectivity index (χ0n) is 23.8. The van der Waals surface area contributed by atoms with Gasteiger partial charge in [-0.3, -0.25) is 14.5 Å². The van der Waals surface area contributed by atoms with E-state index < -0.39 is 55.2 Å². The fourth-order valence-electron chi connectivity index (χ4n) is 5.52. The van der Waals surface area contributed by atoms with Gasteiger partial charge in [0.1, 0.15) is 11.5 Å². The summed E-state index contributed by atoms with van der Waals surface area (Å²) >= 11 is 1.37. The second kappa shape index (κ2) is 12.7. The number of nitrogens with zero attached hydrogens (tertiary/aromatic N) is 4. The van der Waals surface area contributed by atoms with Crippen molar-refractivity contribution in [3.05, 3.63) is 88.0 Å². The van der Waals surface area contributed by atoms with Crippen LogP contribution in [0.5, 0.6) is 5.75 Å². The Balaban J connectivity index is 1.60. The SMILES string of the molecule is COC(=O)OCOc1c2n(cc/c1=N\OC(=O)CN)N([C@@H]1c3ccccc3SCc3c1ccc(F)c3F)[C@@H]1COCCN1C2=O. The molecule has 0 bridgehead atoms. The quantitative estimate of drug-likeness (QED) is 0.183. The minimum Gasteiger partial charge on any atom is -0.452 e. The predicted molar refractivity (Wildman–Crippen MR) is 152 cm³/mol. The molecule has 2 atom stereocenters. The number of aromatic nitrogens is 1. The van der Waals surface area contributed by atoms with Crippen LogP contribution in [-0.2, 0) is 29.6 Å². The number of rotatable bonds is 6. The maximum atomic E-state index is 15.4. The van der Waals surface area contributed by atoms with E-state index in [0.717, 1.165) is 23.6 Å². The molecule has 2 aromatic carbocycles. The molecule has 1 amide bonds. The van der Waals surface area contributed by atoms with Crippen molar-refractivity contribution in [3.63, 3.8) is 0 Å². The first-order valence-electron chi connectivity index (χ1n) is 13.7. The molecule has 3 aliphatic rings. The number of nitrogens with two attached hydrogens (primary N) is 1. The van der Waals surface area contributed by atoms with Gasteiger partial charge in [-0.1, -0.05) is 29.4 Å². The molecule has 6 rings (SSSR count). The summed E-state index contributed by atoms with van der Waals surface area (Å²) in [4.78, 5) is 45.0. The van der Waals surface area contributed by atoms with Gasteiger partial charge >= 0.3 is 12.1 Å². The zero-order valence-corrected chi connectivity index (χ0v) is 24.6. The summed E-state index contributed by atoms with van der Waals surface area (Å²) in [6.07, 6.45) is -0.217. The van der Waals surface area contributed by atoms with Crippen LogP contribution in [0.3, 0.4) is 0 Å². The van der Waals surface area contributed by atoms with Crippen LogP contribution < -0.4 is 20.8 Å². The minimum atomic E-state index is -1.04. The number of carbonyl (C=O) groups excluding carboxylic acids is 3. The van der Waals surface area contributed by atoms with Crippen molar-refractivity contribution in [1.82, 2.24) is 9.58 Å². The molecule has 45 heavy (non-hydrogen) atoms. The van der Waals surface area contributed by atoms with E-state index >= 15 is 4.39 Å². The molecular formula is C29H27F2N5O8S. The normalized spacial score (nSPS) is 19.0. The van der Waals surface area contributed by atoms with Crippen molar-refractivity contribution in [2.75, 3.05) is 45.2 Å². The maximum absolute atomic E-state index is 15.4. The number of methoxy groups -OCH3 is 1. The summed E-state index contributed by atoms with van der Waals surface area (Å²) in [6, 6.07) is 10.8. The molecule has 0 saturated carbocycles. The standard InChI is InChI=1S/C29H27F2N5O8S/c1-40-29(39)43-15-42-27-20(33-44-23(37)12-32)8-9-35-26(27)28(38)34-10-11-41-13-22(34)36(35)25-16-6-7-19(30)24(31)18(16)14-45-21-5-3-2-4-17(21)25/h2-9,22,25H,10-15,32H2,1H3/b33-20+/t22-,25+/m1/s1. The summed E-state index contributed by atoms with van der Waals surface area (Å²) in [5.74, 6) is -3.28. The Morgan fingerprint density at radius 2 is 1.98 bits per heavy atom. The number of hydrogen-bond donors (Lipinski definition) is 1. The first-order chi connectivity index (χ1) is 21.8. The maximum Gasteiger partial charge on any atom is 0.510 e. The predicted octanol–water partition coefficient (Wildman–Crippen LogP) is 2.35. The van der Waals surface area contributed by atoms with Gasteiger partial charge in [0.25, 0.3) is 5.91 Å². The van der Waals surface area contributed by atoms with Crippen LogP contribution in [0.2, 0.25) is 0 Å². The van der Waals surface area contributed by atoms with E-state index in [-0.39, 0.29) is 47.9 Å². The van der Waals surface area contributed by atoms with Crippen molar-refractivity contribution in [3.8, 4) is 5.75 Å². The Morgan fingerprint density at radius 3 is 2.78 bits per heavy atom. The van der Waals surface area contributed by atoms with Crippen molar-refractivity contribution < 1.29 is 46.9 Å². The van der Waals surface area contributed by atoms with E-state index in [2.05, 4.69) is 9.89 Å². The molecular weight excluding hydrogens is 616 g/mol. The average Bonchev–Trinajstić information content (AvgIpc) is 3.23. The van der Waals surface area contributed by atoms with Gasteiger partial charge in [0.2, 0.25) is 6.79 Å². The highest BCUT2D eigenvalue weighted by Crippen LogP contribution is 2.45. The lowest BCUT2D eigenvalue weighted by Crippen LogP contribution is -2.66. The Bertz CT molecular complexity index is 1740. The smallest absolute Gasteiger partial charge is 0.452 e. The number of benzene rings is 2. The topological polar surface area (TPSA) is 147 Å². The molecule has 0 spiro atoms. The van der Waals surface area contributed by atoms with Crippen LogP contribution in [0.4, 0.5) is 13.6 Å². The third kappa shape index (κ3) is 5.55. The van der Waals surface area contributed by atoms with E-state index in [0.29, 0.717) is 5.56 Å². The number of hydrogen-bond acceptors (Lipinski definition) is 12. The van der Waals surface area contributed by atoms with E-state index in [9.17, 15) is 18.8 Å². The van der Waals surface area contributed by atoms with E-state index in [1.165, 1.54) is 28.7 Å². The fraction of sp³-hybridized carbons (Fsp3) is 0.310. The second-order valence-corrected chi connectivity index (χ2v) is 11.0.